The number of nitrogens with two attached hydrogens (primary N) is 1. The summed E-state index contributed by atoms with van der Waals surface area (Å²) in [4.78, 5) is 35.5. The molecule has 0 bridgehead atoms. The molecule has 0 spiro atoms. The van der Waals surface area contributed by atoms with Crippen LogP contribution >= 0.6 is 0 Å². The second-order valence-electron chi connectivity index (χ2n) is 8.08. The van der Waals surface area contributed by atoms with Gasteiger partial charge in [-0.1, -0.05) is 12.1 Å². The van der Waals surface area contributed by atoms with Gasteiger partial charge in [-0.05, 0) is 47.1 Å². The van der Waals surface area contributed by atoms with Gasteiger partial charge in [0, 0.05) is 18.6 Å². The van der Waals surface area contributed by atoms with Crippen LogP contribution in [0.25, 0.3) is 0 Å². The van der Waals surface area contributed by atoms with Gasteiger partial charge in [-0.2, -0.15) is 0 Å². The standard InChI is InChI=1S/C18H26N2O6/c1-16(2,3)25-14(21)18(19,15(22)26-17(4,5)6)11-12-7-9-13(10-8-12)20(23)24/h7-10H,11,19H2,1-6H3. The molecular weight excluding hydrogens is 340 g/mol. The van der Waals surface area contributed by atoms with Crippen LogP contribution < -0.4 is 5.73 Å². The first-order chi connectivity index (χ1) is 11.6. The van der Waals surface area contributed by atoms with E-state index in [1.807, 2.05) is 0 Å². The highest BCUT2D eigenvalue weighted by molar-refractivity contribution is 6.05. The lowest BCUT2D eigenvalue weighted by Crippen LogP contribution is -2.60. The van der Waals surface area contributed by atoms with Crippen molar-refractivity contribution in [2.75, 3.05) is 0 Å². The van der Waals surface area contributed by atoms with E-state index in [1.165, 1.54) is 24.3 Å². The van der Waals surface area contributed by atoms with E-state index in [1.54, 1.807) is 41.5 Å². The quantitative estimate of drug-likeness (QED) is 0.368. The van der Waals surface area contributed by atoms with Crippen molar-refractivity contribution in [1.82, 2.24) is 0 Å². The number of hydrogen-bond donors (Lipinski definition) is 1. The number of nitrogens with zero attached hydrogens (tertiary/aromatic N) is 1. The topological polar surface area (TPSA) is 122 Å². The average Bonchev–Trinajstić information content (AvgIpc) is 2.43. The Bertz CT molecular complexity index is 655. The molecule has 0 aliphatic heterocycles. The number of carbonyl (C=O) groups is 2. The maximum atomic E-state index is 12.6. The minimum atomic E-state index is -2.07. The van der Waals surface area contributed by atoms with E-state index in [0.29, 0.717) is 5.56 Å². The zero-order valence-electron chi connectivity index (χ0n) is 16.0. The lowest BCUT2D eigenvalue weighted by molar-refractivity contribution is -0.384. The van der Waals surface area contributed by atoms with Crippen LogP contribution in [-0.4, -0.2) is 33.6 Å². The molecule has 0 radical (unpaired) electrons. The van der Waals surface area contributed by atoms with Crippen molar-refractivity contribution < 1.29 is 24.0 Å². The van der Waals surface area contributed by atoms with Crippen molar-refractivity contribution in [2.45, 2.75) is 64.7 Å². The van der Waals surface area contributed by atoms with Crippen LogP contribution in [0.1, 0.15) is 47.1 Å². The Labute approximate surface area is 152 Å². The van der Waals surface area contributed by atoms with Gasteiger partial charge in [0.1, 0.15) is 11.2 Å². The number of non-ortho nitro benzene ring substituents is 1. The van der Waals surface area contributed by atoms with Crippen LogP contribution in [0.3, 0.4) is 0 Å². The predicted octanol–water partition coefficient (Wildman–Crippen LogP) is 2.52. The van der Waals surface area contributed by atoms with E-state index in [2.05, 4.69) is 0 Å². The summed E-state index contributed by atoms with van der Waals surface area (Å²) in [5, 5.41) is 10.8. The van der Waals surface area contributed by atoms with Crippen molar-refractivity contribution in [3.05, 3.63) is 39.9 Å². The Kier molecular flexibility index (Phi) is 6.14. The first-order valence-corrected chi connectivity index (χ1v) is 8.13. The Balaban J connectivity index is 3.20. The molecule has 0 saturated heterocycles. The molecule has 0 aliphatic rings. The van der Waals surface area contributed by atoms with Gasteiger partial charge in [0.05, 0.1) is 4.92 Å². The summed E-state index contributed by atoms with van der Waals surface area (Å²) >= 11 is 0. The maximum Gasteiger partial charge on any atom is 0.338 e. The summed E-state index contributed by atoms with van der Waals surface area (Å²) in [6.07, 6.45) is -0.213. The molecular formula is C18H26N2O6. The summed E-state index contributed by atoms with van der Waals surface area (Å²) in [6.45, 7) is 9.95. The summed E-state index contributed by atoms with van der Waals surface area (Å²) in [7, 11) is 0. The minimum absolute atomic E-state index is 0.106. The van der Waals surface area contributed by atoms with Crippen molar-refractivity contribution in [3.63, 3.8) is 0 Å². The lowest BCUT2D eigenvalue weighted by Gasteiger charge is -2.32. The monoisotopic (exact) mass is 366 g/mol. The molecule has 0 heterocycles. The summed E-state index contributed by atoms with van der Waals surface area (Å²) < 4.78 is 10.6. The molecule has 0 atom stereocenters. The van der Waals surface area contributed by atoms with Crippen molar-refractivity contribution >= 4 is 17.6 Å². The molecule has 0 aromatic heterocycles. The number of nitro benzene ring substituents is 1. The van der Waals surface area contributed by atoms with E-state index < -0.39 is 33.6 Å². The first kappa shape index (κ1) is 21.6. The molecule has 144 valence electrons. The number of benzene rings is 1. The van der Waals surface area contributed by atoms with Gasteiger partial charge in [0.2, 0.25) is 5.54 Å². The predicted molar refractivity (Wildman–Crippen MR) is 95.4 cm³/mol. The van der Waals surface area contributed by atoms with Gasteiger partial charge < -0.3 is 15.2 Å². The van der Waals surface area contributed by atoms with Crippen LogP contribution in [0.4, 0.5) is 5.69 Å². The fourth-order valence-corrected chi connectivity index (χ4v) is 2.02. The molecule has 26 heavy (non-hydrogen) atoms. The fraction of sp³-hybridized carbons (Fsp3) is 0.556. The summed E-state index contributed by atoms with van der Waals surface area (Å²) in [5.41, 5.74) is 2.74. The Morgan fingerprint density at radius 2 is 1.35 bits per heavy atom. The van der Waals surface area contributed by atoms with Crippen molar-refractivity contribution in [2.24, 2.45) is 5.73 Å². The molecule has 0 aliphatic carbocycles. The average molecular weight is 366 g/mol. The van der Waals surface area contributed by atoms with E-state index >= 15 is 0 Å². The Morgan fingerprint density at radius 1 is 0.962 bits per heavy atom. The van der Waals surface area contributed by atoms with E-state index in [0.717, 1.165) is 0 Å². The smallest absolute Gasteiger partial charge is 0.338 e. The number of rotatable bonds is 5. The van der Waals surface area contributed by atoms with Gasteiger partial charge >= 0.3 is 11.9 Å². The molecule has 8 heteroatoms. The number of nitro groups is 1. The number of ether oxygens (including phenoxy) is 2. The third kappa shape index (κ3) is 6.11. The fourth-order valence-electron chi connectivity index (χ4n) is 2.02. The van der Waals surface area contributed by atoms with Crippen LogP contribution in [0.2, 0.25) is 0 Å². The molecule has 1 aromatic carbocycles. The van der Waals surface area contributed by atoms with Crippen LogP contribution in [0.5, 0.6) is 0 Å². The molecule has 1 aromatic rings. The van der Waals surface area contributed by atoms with Gasteiger partial charge in [-0.15, -0.1) is 0 Å². The maximum absolute atomic E-state index is 12.6. The largest absolute Gasteiger partial charge is 0.458 e. The normalized spacial score (nSPS) is 12.4. The SMILES string of the molecule is CC(C)(C)OC(=O)C(N)(Cc1ccc([N+](=O)[O-])cc1)C(=O)OC(C)(C)C. The molecule has 0 fully saturated rings. The zero-order valence-corrected chi connectivity index (χ0v) is 16.0. The second-order valence-corrected chi connectivity index (χ2v) is 8.08. The number of carbonyl (C=O) groups excluding carboxylic acids is 2. The van der Waals surface area contributed by atoms with Gasteiger partial charge in [-0.3, -0.25) is 10.1 Å². The number of esters is 2. The third-order valence-electron chi connectivity index (χ3n) is 3.16. The minimum Gasteiger partial charge on any atom is -0.458 e. The van der Waals surface area contributed by atoms with Gasteiger partial charge in [-0.25, -0.2) is 9.59 Å². The third-order valence-corrected chi connectivity index (χ3v) is 3.16. The summed E-state index contributed by atoms with van der Waals surface area (Å²) in [5.74, 6) is -1.84. The highest BCUT2D eigenvalue weighted by Gasteiger charge is 2.48. The molecule has 0 saturated carbocycles. The van der Waals surface area contributed by atoms with E-state index in [9.17, 15) is 19.7 Å². The first-order valence-electron chi connectivity index (χ1n) is 8.13. The lowest BCUT2D eigenvalue weighted by atomic mass is 9.91. The highest BCUT2D eigenvalue weighted by Crippen LogP contribution is 2.23. The molecule has 1 rings (SSSR count). The van der Waals surface area contributed by atoms with E-state index in [4.69, 9.17) is 15.2 Å². The Morgan fingerprint density at radius 3 is 1.65 bits per heavy atom. The molecule has 0 amide bonds. The van der Waals surface area contributed by atoms with Gasteiger partial charge in [0.25, 0.3) is 5.69 Å². The number of hydrogen-bond acceptors (Lipinski definition) is 7. The van der Waals surface area contributed by atoms with Crippen LogP contribution in [0, 0.1) is 10.1 Å². The Hall–Kier alpha value is -2.48. The molecule has 2 N–H and O–H groups in total. The molecule has 8 nitrogen and oxygen atoms in total. The summed E-state index contributed by atoms with van der Waals surface area (Å²) in [6, 6.07) is 5.43. The highest BCUT2D eigenvalue weighted by atomic mass is 16.6. The second kappa shape index (κ2) is 7.41. The van der Waals surface area contributed by atoms with Crippen LogP contribution in [0.15, 0.2) is 24.3 Å². The van der Waals surface area contributed by atoms with Crippen molar-refractivity contribution in [3.8, 4) is 0 Å². The van der Waals surface area contributed by atoms with Crippen LogP contribution in [-0.2, 0) is 25.5 Å². The zero-order chi connectivity index (χ0) is 20.3. The molecule has 0 unspecified atom stereocenters. The van der Waals surface area contributed by atoms with E-state index in [-0.39, 0.29) is 12.1 Å². The van der Waals surface area contributed by atoms with Gasteiger partial charge in [0.15, 0.2) is 0 Å². The van der Waals surface area contributed by atoms with Crippen molar-refractivity contribution in [1.29, 1.82) is 0 Å².